The van der Waals surface area contributed by atoms with Crippen LogP contribution in [0.2, 0.25) is 0 Å². The summed E-state index contributed by atoms with van der Waals surface area (Å²) in [5.74, 6) is 0.934. The summed E-state index contributed by atoms with van der Waals surface area (Å²) in [5, 5.41) is 9.38. The number of ether oxygens (including phenoxy) is 2. The molecule has 3 N–H and O–H groups in total. The first-order chi connectivity index (χ1) is 14.9. The van der Waals surface area contributed by atoms with Gasteiger partial charge in [-0.2, -0.15) is 0 Å². The first-order valence-corrected chi connectivity index (χ1v) is 11.3. The number of aliphatic hydroxyl groups is 1. The zero-order chi connectivity index (χ0) is 24.2. The van der Waals surface area contributed by atoms with E-state index >= 15 is 0 Å². The number of carbonyl (C=O) groups excluding carboxylic acids is 1. The summed E-state index contributed by atoms with van der Waals surface area (Å²) >= 11 is 0. The molecule has 0 saturated heterocycles. The molecule has 0 atom stereocenters. The van der Waals surface area contributed by atoms with Gasteiger partial charge in [0.15, 0.2) is 0 Å². The van der Waals surface area contributed by atoms with Gasteiger partial charge in [-0.15, -0.1) is 0 Å². The molecule has 1 fully saturated rings. The van der Waals surface area contributed by atoms with Crippen LogP contribution in [0.15, 0.2) is 46.9 Å². The highest BCUT2D eigenvalue weighted by Gasteiger charge is 2.20. The normalized spacial score (nSPS) is 15.4. The lowest BCUT2D eigenvalue weighted by Crippen LogP contribution is -2.29. The fourth-order valence-electron chi connectivity index (χ4n) is 3.13. The molecule has 1 saturated carbocycles. The smallest absolute Gasteiger partial charge is 0.308 e. The average Bonchev–Trinajstić information content (AvgIpc) is 2.81. The molecule has 0 radical (unpaired) electrons. The number of allylic oxidation sites excluding steroid dienone is 4. The van der Waals surface area contributed by atoms with Crippen LogP contribution in [0, 0.1) is 5.92 Å². The number of hydrogen-bond donors (Lipinski definition) is 3. The summed E-state index contributed by atoms with van der Waals surface area (Å²) in [4.78, 5) is 10.9. The summed E-state index contributed by atoms with van der Waals surface area (Å²) < 4.78 is 9.88. The molecule has 0 bridgehead atoms. The van der Waals surface area contributed by atoms with Gasteiger partial charge in [0.2, 0.25) is 0 Å². The molecule has 1 rings (SSSR count). The Bertz CT molecular complexity index is 595. The van der Waals surface area contributed by atoms with Crippen molar-refractivity contribution >= 4 is 5.97 Å². The van der Waals surface area contributed by atoms with Crippen LogP contribution in [0.5, 0.6) is 0 Å². The van der Waals surface area contributed by atoms with Crippen LogP contribution in [0.3, 0.4) is 0 Å². The molecule has 0 aliphatic heterocycles. The van der Waals surface area contributed by atoms with Gasteiger partial charge in [0.1, 0.15) is 5.76 Å². The largest absolute Gasteiger partial charge is 0.497 e. The van der Waals surface area contributed by atoms with Crippen molar-refractivity contribution in [3.8, 4) is 0 Å². The van der Waals surface area contributed by atoms with E-state index in [1.165, 1.54) is 26.4 Å². The molecule has 31 heavy (non-hydrogen) atoms. The molecule has 0 heterocycles. The Hall–Kier alpha value is -2.05. The average molecular weight is 439 g/mol. The zero-order valence-corrected chi connectivity index (χ0v) is 21.1. The first-order valence-electron chi connectivity index (χ1n) is 11.3. The minimum absolute atomic E-state index is 0.0142. The van der Waals surface area contributed by atoms with Crippen molar-refractivity contribution in [1.82, 2.24) is 10.9 Å². The second-order valence-electron chi connectivity index (χ2n) is 7.09. The van der Waals surface area contributed by atoms with E-state index in [0.717, 1.165) is 47.4 Å². The highest BCUT2D eigenvalue weighted by Crippen LogP contribution is 2.24. The molecule has 0 aromatic rings. The van der Waals surface area contributed by atoms with Crippen molar-refractivity contribution in [3.63, 3.8) is 0 Å². The van der Waals surface area contributed by atoms with Gasteiger partial charge in [-0.1, -0.05) is 52.7 Å². The van der Waals surface area contributed by atoms with E-state index < -0.39 is 0 Å². The maximum absolute atomic E-state index is 10.9. The number of carbonyl (C=O) groups is 1. The lowest BCUT2D eigenvalue weighted by Gasteiger charge is -2.18. The second kappa shape index (κ2) is 19.9. The third-order valence-corrected chi connectivity index (χ3v) is 4.88. The van der Waals surface area contributed by atoms with Gasteiger partial charge >= 0.3 is 5.97 Å². The highest BCUT2D eigenvalue weighted by atomic mass is 16.5. The molecule has 1 aliphatic rings. The molecule has 180 valence electrons. The van der Waals surface area contributed by atoms with Gasteiger partial charge in [0, 0.05) is 7.05 Å². The fourth-order valence-corrected chi connectivity index (χ4v) is 3.13. The van der Waals surface area contributed by atoms with Gasteiger partial charge in [-0.25, -0.2) is 5.43 Å². The zero-order valence-electron chi connectivity index (χ0n) is 21.1. The first kappa shape index (κ1) is 31.1. The van der Waals surface area contributed by atoms with Gasteiger partial charge < -0.3 is 20.0 Å². The molecule has 0 unspecified atom stereocenters. The van der Waals surface area contributed by atoms with Crippen molar-refractivity contribution in [2.45, 2.75) is 73.1 Å². The minimum atomic E-state index is -0.0142. The van der Waals surface area contributed by atoms with E-state index in [1.807, 2.05) is 46.8 Å². The number of hydrazine groups is 1. The van der Waals surface area contributed by atoms with Gasteiger partial charge in [0.25, 0.3) is 0 Å². The van der Waals surface area contributed by atoms with Crippen LogP contribution in [-0.4, -0.2) is 38.9 Å². The maximum Gasteiger partial charge on any atom is 0.308 e. The number of nitrogens with one attached hydrogen (secondary N) is 2. The molecular formula is C25H46N2O4. The van der Waals surface area contributed by atoms with Gasteiger partial charge in [-0.05, 0) is 55.9 Å². The number of aliphatic hydroxyl groups excluding tert-OH is 1. The molecule has 0 amide bonds. The Morgan fingerprint density at radius 2 is 1.68 bits per heavy atom. The Balaban J connectivity index is 0. The summed E-state index contributed by atoms with van der Waals surface area (Å²) in [6.45, 7) is 13.8. The molecule has 0 aromatic heterocycles. The summed E-state index contributed by atoms with van der Waals surface area (Å²) in [6, 6.07) is 0. The molecule has 1 aliphatic carbocycles. The van der Waals surface area contributed by atoms with E-state index in [1.54, 1.807) is 14.2 Å². The third kappa shape index (κ3) is 13.1. The molecule has 6 heteroatoms. The summed E-state index contributed by atoms with van der Waals surface area (Å²) in [5.41, 5.74) is 9.69. The predicted molar refractivity (Wildman–Crippen MR) is 130 cm³/mol. The molecule has 6 nitrogen and oxygen atoms in total. The van der Waals surface area contributed by atoms with E-state index in [4.69, 9.17) is 4.74 Å². The quantitative estimate of drug-likeness (QED) is 0.199. The van der Waals surface area contributed by atoms with Crippen molar-refractivity contribution in [2.24, 2.45) is 5.92 Å². The number of hydrogen-bond acceptors (Lipinski definition) is 6. The second-order valence-corrected chi connectivity index (χ2v) is 7.09. The highest BCUT2D eigenvalue weighted by molar-refractivity contribution is 5.72. The standard InChI is InChI=1S/C15H26N2O2.C8H14O2.C2H6/c1-7-13(10-18)15(17-16-5)12(4)8-9-14(19-6)11(2)3;1-10-8(9)7-5-3-2-4-6-7;1-2/h8-9,16-18H,2,7,10H2,1,3-6H3;7H,2-6H2,1H3;1-2H3/b12-8+,14-9+,15-13+;;. The van der Waals surface area contributed by atoms with Crippen molar-refractivity contribution in [2.75, 3.05) is 27.9 Å². The SMILES string of the molecule is C=C(C)\C(=C/C=C(C)/C(NNC)=C(/CC)CO)OC.CC.COC(=O)C1CCCCC1. The van der Waals surface area contributed by atoms with Crippen molar-refractivity contribution < 1.29 is 19.4 Å². The Morgan fingerprint density at radius 3 is 2.06 bits per heavy atom. The maximum atomic E-state index is 10.9. The number of esters is 1. The number of methoxy groups -OCH3 is 2. The van der Waals surface area contributed by atoms with Crippen molar-refractivity contribution in [1.29, 1.82) is 0 Å². The Morgan fingerprint density at radius 1 is 1.10 bits per heavy atom. The topological polar surface area (TPSA) is 79.8 Å². The van der Waals surface area contributed by atoms with E-state index in [0.29, 0.717) is 0 Å². The van der Waals surface area contributed by atoms with E-state index in [-0.39, 0.29) is 18.5 Å². The van der Waals surface area contributed by atoms with Crippen LogP contribution in [0.1, 0.15) is 73.1 Å². The molecule has 0 aromatic carbocycles. The predicted octanol–water partition coefficient (Wildman–Crippen LogP) is 5.19. The van der Waals surface area contributed by atoms with E-state index in [2.05, 4.69) is 22.2 Å². The van der Waals surface area contributed by atoms with Crippen molar-refractivity contribution in [3.05, 3.63) is 46.9 Å². The van der Waals surface area contributed by atoms with E-state index in [9.17, 15) is 9.90 Å². The third-order valence-electron chi connectivity index (χ3n) is 4.88. The van der Waals surface area contributed by atoms with Crippen LogP contribution in [0.25, 0.3) is 0 Å². The Labute approximate surface area is 190 Å². The van der Waals surface area contributed by atoms with Crippen LogP contribution >= 0.6 is 0 Å². The van der Waals surface area contributed by atoms with Gasteiger partial charge in [-0.3, -0.25) is 4.79 Å². The van der Waals surface area contributed by atoms with Crippen LogP contribution in [-0.2, 0) is 14.3 Å². The number of rotatable bonds is 9. The summed E-state index contributed by atoms with van der Waals surface area (Å²) in [7, 11) is 4.89. The Kier molecular flexibility index (Phi) is 20.0. The molecule has 0 spiro atoms. The fraction of sp³-hybridized carbons (Fsp3) is 0.640. The van der Waals surface area contributed by atoms with Crippen LogP contribution < -0.4 is 10.9 Å². The minimum Gasteiger partial charge on any atom is -0.497 e. The lowest BCUT2D eigenvalue weighted by atomic mass is 9.89. The molecular weight excluding hydrogens is 392 g/mol. The monoisotopic (exact) mass is 438 g/mol. The van der Waals surface area contributed by atoms with Gasteiger partial charge in [0.05, 0.1) is 32.4 Å². The lowest BCUT2D eigenvalue weighted by molar-refractivity contribution is -0.146. The van der Waals surface area contributed by atoms with Crippen LogP contribution in [0.4, 0.5) is 0 Å². The summed E-state index contributed by atoms with van der Waals surface area (Å²) in [6.07, 6.45) is 10.3.